The summed E-state index contributed by atoms with van der Waals surface area (Å²) in [5.74, 6) is -5.30. The highest BCUT2D eigenvalue weighted by atomic mass is 35.5. The largest absolute Gasteiger partial charge is 0.508 e. The lowest BCUT2D eigenvalue weighted by Crippen LogP contribution is -2.53. The van der Waals surface area contributed by atoms with Gasteiger partial charge in [0.1, 0.15) is 17.2 Å². The van der Waals surface area contributed by atoms with E-state index < -0.39 is 46.8 Å². The molecule has 4 aromatic rings. The molecule has 4 aromatic carbocycles. The van der Waals surface area contributed by atoms with Crippen LogP contribution in [0.15, 0.2) is 103 Å². The van der Waals surface area contributed by atoms with E-state index in [1.165, 1.54) is 31.3 Å². The lowest BCUT2D eigenvalue weighted by Gasteiger charge is -2.50. The molecule has 10 nitrogen and oxygen atoms in total. The zero-order valence-corrected chi connectivity index (χ0v) is 29.6. The lowest BCUT2D eigenvalue weighted by molar-refractivity contribution is -0.138. The molecule has 4 aliphatic rings. The number of anilines is 2. The third kappa shape index (κ3) is 4.84. The molecule has 264 valence electrons. The average Bonchev–Trinajstić information content (AvgIpc) is 3.53. The zero-order chi connectivity index (χ0) is 36.5. The van der Waals surface area contributed by atoms with Crippen molar-refractivity contribution in [2.75, 3.05) is 24.5 Å². The van der Waals surface area contributed by atoms with Crippen molar-refractivity contribution in [2.24, 2.45) is 23.7 Å². The molecule has 2 aliphatic carbocycles. The number of imide groups is 2. The number of hydrazine groups is 1. The number of hydrogen-bond acceptors (Lipinski definition) is 8. The third-order valence-electron chi connectivity index (χ3n) is 11.1. The van der Waals surface area contributed by atoms with E-state index in [9.17, 15) is 19.5 Å². The Morgan fingerprint density at radius 2 is 1.58 bits per heavy atom. The number of para-hydroxylation sites is 1. The Bertz CT molecular complexity index is 2180. The molecule has 2 heterocycles. The Morgan fingerprint density at radius 1 is 0.827 bits per heavy atom. The number of fused-ring (bicyclic) bond motifs is 4. The first kappa shape index (κ1) is 33.8. The van der Waals surface area contributed by atoms with E-state index in [4.69, 9.17) is 32.7 Å². The van der Waals surface area contributed by atoms with Gasteiger partial charge in [0, 0.05) is 16.5 Å². The Kier molecular flexibility index (Phi) is 8.27. The van der Waals surface area contributed by atoms with E-state index in [0.717, 1.165) is 5.01 Å². The predicted molar refractivity (Wildman–Crippen MR) is 194 cm³/mol. The van der Waals surface area contributed by atoms with E-state index in [-0.39, 0.29) is 41.1 Å². The number of carbonyl (C=O) groups is 4. The van der Waals surface area contributed by atoms with Gasteiger partial charge in [-0.2, -0.15) is 5.01 Å². The van der Waals surface area contributed by atoms with Crippen LogP contribution in [0.25, 0.3) is 0 Å². The smallest absolute Gasteiger partial charge is 0.260 e. The minimum atomic E-state index is -1.65. The maximum absolute atomic E-state index is 15.4. The number of phenolic OH excluding ortho intramolecular Hbond substituents is 1. The fraction of sp³-hybridized carbons (Fsp3) is 0.250. The molecule has 6 unspecified atom stereocenters. The molecule has 0 radical (unpaired) electrons. The average molecular weight is 739 g/mol. The second-order valence-corrected chi connectivity index (χ2v) is 14.3. The van der Waals surface area contributed by atoms with Crippen LogP contribution in [0.4, 0.5) is 11.4 Å². The van der Waals surface area contributed by atoms with Crippen molar-refractivity contribution >= 4 is 58.2 Å². The lowest BCUT2D eigenvalue weighted by atomic mass is 9.49. The van der Waals surface area contributed by atoms with Crippen LogP contribution in [0.5, 0.6) is 17.2 Å². The van der Waals surface area contributed by atoms with Gasteiger partial charge in [-0.05, 0) is 78.9 Å². The topological polar surface area (TPSA) is 125 Å². The summed E-state index contributed by atoms with van der Waals surface area (Å²) in [6, 6.07) is 25.2. The highest BCUT2D eigenvalue weighted by Crippen LogP contribution is 2.66. The fourth-order valence-corrected chi connectivity index (χ4v) is 9.44. The van der Waals surface area contributed by atoms with Crippen LogP contribution in [-0.2, 0) is 24.6 Å². The van der Waals surface area contributed by atoms with Crippen molar-refractivity contribution in [3.05, 3.63) is 124 Å². The molecule has 0 bridgehead atoms. The number of amides is 4. The number of nitrogens with zero attached hydrogens (tertiary/aromatic N) is 2. The zero-order valence-electron chi connectivity index (χ0n) is 28.1. The maximum Gasteiger partial charge on any atom is 0.260 e. The second-order valence-electron chi connectivity index (χ2n) is 13.5. The minimum absolute atomic E-state index is 0.0736. The van der Waals surface area contributed by atoms with Gasteiger partial charge in [-0.15, -0.1) is 0 Å². The van der Waals surface area contributed by atoms with Gasteiger partial charge in [-0.1, -0.05) is 71.2 Å². The third-order valence-corrected chi connectivity index (χ3v) is 11.7. The number of methoxy groups -OCH3 is 2. The molecule has 8 rings (SSSR count). The Labute approximate surface area is 309 Å². The summed E-state index contributed by atoms with van der Waals surface area (Å²) in [5, 5.41) is 13.2. The quantitative estimate of drug-likeness (QED) is 0.155. The molecule has 0 spiro atoms. The predicted octanol–water partition coefficient (Wildman–Crippen LogP) is 6.91. The maximum atomic E-state index is 15.4. The van der Waals surface area contributed by atoms with Crippen molar-refractivity contribution < 1.29 is 33.8 Å². The van der Waals surface area contributed by atoms with Crippen LogP contribution in [0.3, 0.4) is 0 Å². The van der Waals surface area contributed by atoms with E-state index in [1.807, 2.05) is 12.1 Å². The van der Waals surface area contributed by atoms with Crippen LogP contribution in [0.2, 0.25) is 10.0 Å². The molecule has 2 saturated heterocycles. The molecular weight excluding hydrogens is 705 g/mol. The number of benzene rings is 4. The van der Waals surface area contributed by atoms with Crippen LogP contribution in [0, 0.1) is 23.7 Å². The first-order chi connectivity index (χ1) is 25.1. The Morgan fingerprint density at radius 3 is 2.27 bits per heavy atom. The highest BCUT2D eigenvalue weighted by Gasteiger charge is 2.71. The van der Waals surface area contributed by atoms with Crippen LogP contribution < -0.4 is 19.8 Å². The molecular formula is C40H33Cl2N3O7. The highest BCUT2D eigenvalue weighted by molar-refractivity contribution is 6.36. The van der Waals surface area contributed by atoms with E-state index in [1.54, 1.807) is 72.8 Å². The van der Waals surface area contributed by atoms with Gasteiger partial charge in [0.2, 0.25) is 11.8 Å². The fourth-order valence-electron chi connectivity index (χ4n) is 8.99. The number of aromatic hydroxyl groups is 1. The summed E-state index contributed by atoms with van der Waals surface area (Å²) in [6.45, 7) is 0. The number of nitrogens with one attached hydrogen (secondary N) is 1. The molecule has 6 atom stereocenters. The number of phenols is 1. The summed E-state index contributed by atoms with van der Waals surface area (Å²) >= 11 is 12.7. The van der Waals surface area contributed by atoms with Crippen molar-refractivity contribution in [2.45, 2.75) is 24.2 Å². The Hall–Kier alpha value is -5.32. The van der Waals surface area contributed by atoms with Gasteiger partial charge in [0.25, 0.3) is 11.8 Å². The number of carbonyl (C=O) groups excluding carboxylic acids is 4. The molecule has 4 amide bonds. The number of halogens is 2. The first-order valence-electron chi connectivity index (χ1n) is 16.8. The Balaban J connectivity index is 1.36. The van der Waals surface area contributed by atoms with Crippen molar-refractivity contribution in [3.63, 3.8) is 0 Å². The molecule has 1 saturated carbocycles. The van der Waals surface area contributed by atoms with Crippen molar-refractivity contribution in [3.8, 4) is 17.2 Å². The minimum Gasteiger partial charge on any atom is -0.508 e. The van der Waals surface area contributed by atoms with Gasteiger partial charge >= 0.3 is 0 Å². The molecule has 2 N–H and O–H groups in total. The summed E-state index contributed by atoms with van der Waals surface area (Å²) in [7, 11) is 3.00. The van der Waals surface area contributed by atoms with Crippen LogP contribution in [-0.4, -0.2) is 48.0 Å². The summed E-state index contributed by atoms with van der Waals surface area (Å²) < 4.78 is 11.3. The van der Waals surface area contributed by atoms with Gasteiger partial charge in [0.15, 0.2) is 0 Å². The SMILES string of the molecule is COc1ccc(C23C(=O)N(Nc4ccc(Cl)cc4Cl)C(=O)C2CC2C(=CCC4C(=O)N(c5ccccc5)C(=O)C42)C3c2c(O)cccc2OC)cc1. The molecule has 3 fully saturated rings. The summed E-state index contributed by atoms with van der Waals surface area (Å²) in [4.78, 5) is 60.0. The van der Waals surface area contributed by atoms with Gasteiger partial charge in [-0.3, -0.25) is 29.5 Å². The monoisotopic (exact) mass is 737 g/mol. The van der Waals surface area contributed by atoms with Crippen molar-refractivity contribution in [1.29, 1.82) is 0 Å². The molecule has 0 aromatic heterocycles. The number of ether oxygens (including phenoxy) is 2. The number of hydrogen-bond donors (Lipinski definition) is 2. The summed E-state index contributed by atoms with van der Waals surface area (Å²) in [6.07, 6.45) is 2.22. The van der Waals surface area contributed by atoms with E-state index in [2.05, 4.69) is 5.43 Å². The molecule has 2 aliphatic heterocycles. The first-order valence-corrected chi connectivity index (χ1v) is 17.6. The number of allylic oxidation sites excluding steroid dienone is 2. The van der Waals surface area contributed by atoms with Gasteiger partial charge in [-0.25, -0.2) is 0 Å². The normalized spacial score (nSPS) is 26.5. The standard InChI is InChI=1S/C40H33Cl2N3O7/c1-51-24-14-11-21(12-15-24)40-28(37(48)45(39(40)50)43-30-18-13-22(41)19-29(30)42)20-27-25(35(40)34-31(46)9-6-10-32(34)52-2)16-17-26-33(27)38(49)44(36(26)47)23-7-4-3-5-8-23/h3-16,18-19,26-28,33,35,43,46H,17,20H2,1-2H3. The van der Waals surface area contributed by atoms with E-state index in [0.29, 0.717) is 38.9 Å². The van der Waals surface area contributed by atoms with Gasteiger partial charge in [0.05, 0.1) is 53.8 Å². The second kappa shape index (κ2) is 12.7. The molecule has 52 heavy (non-hydrogen) atoms. The molecule has 12 heteroatoms. The number of rotatable bonds is 7. The summed E-state index contributed by atoms with van der Waals surface area (Å²) in [5.41, 5.74) is 3.54. The van der Waals surface area contributed by atoms with Gasteiger partial charge < -0.3 is 14.6 Å². The van der Waals surface area contributed by atoms with Crippen LogP contribution in [0.1, 0.15) is 29.9 Å². The van der Waals surface area contributed by atoms with Crippen LogP contribution >= 0.6 is 23.2 Å². The van der Waals surface area contributed by atoms with Crippen molar-refractivity contribution in [1.82, 2.24) is 5.01 Å². The van der Waals surface area contributed by atoms with E-state index >= 15 is 4.79 Å².